The van der Waals surface area contributed by atoms with Gasteiger partial charge in [-0.3, -0.25) is 4.79 Å². The van der Waals surface area contributed by atoms with Crippen LogP contribution in [0.1, 0.15) is 31.4 Å². The predicted octanol–water partition coefficient (Wildman–Crippen LogP) is 2.20. The number of aryl methyl sites for hydroxylation is 1. The third kappa shape index (κ3) is 2.03. The largest absolute Gasteiger partial charge is 0.323 e. The van der Waals surface area contributed by atoms with Crippen LogP contribution in [0.25, 0.3) is 11.2 Å². The molecule has 0 saturated heterocycles. The maximum atomic E-state index is 11.1. The molecule has 0 spiro atoms. The van der Waals surface area contributed by atoms with Crippen molar-refractivity contribution in [1.82, 2.24) is 14.5 Å². The zero-order chi connectivity index (χ0) is 11.4. The molecule has 0 amide bonds. The van der Waals surface area contributed by atoms with E-state index in [0.29, 0.717) is 11.5 Å². The highest BCUT2D eigenvalue weighted by atomic mass is 16.1. The van der Waals surface area contributed by atoms with E-state index in [2.05, 4.69) is 9.97 Å². The first-order valence-electron chi connectivity index (χ1n) is 4.98. The van der Waals surface area contributed by atoms with Crippen molar-refractivity contribution >= 4 is 16.9 Å². The van der Waals surface area contributed by atoms with Crippen molar-refractivity contribution < 1.29 is 4.79 Å². The Bertz CT molecular complexity index is 474. The van der Waals surface area contributed by atoms with Crippen molar-refractivity contribution in [2.45, 2.75) is 20.8 Å². The summed E-state index contributed by atoms with van der Waals surface area (Å²) in [6.45, 7) is 5.50. The first-order valence-corrected chi connectivity index (χ1v) is 4.98. The van der Waals surface area contributed by atoms with E-state index in [-0.39, 0.29) is 5.78 Å². The number of nitrogens with zero attached hydrogens (tertiary/aromatic N) is 3. The van der Waals surface area contributed by atoms with Crippen molar-refractivity contribution in [3.05, 3.63) is 24.2 Å². The Kier molecular flexibility index (Phi) is 3.55. The Morgan fingerprint density at radius 2 is 2.07 bits per heavy atom. The van der Waals surface area contributed by atoms with Crippen molar-refractivity contribution in [3.8, 4) is 0 Å². The van der Waals surface area contributed by atoms with Crippen molar-refractivity contribution in [3.63, 3.8) is 0 Å². The van der Waals surface area contributed by atoms with Crippen LogP contribution in [0.5, 0.6) is 0 Å². The van der Waals surface area contributed by atoms with Crippen LogP contribution in [-0.2, 0) is 7.05 Å². The number of rotatable bonds is 1. The molecule has 2 aromatic rings. The number of hydrogen-bond acceptors (Lipinski definition) is 3. The lowest BCUT2D eigenvalue weighted by Gasteiger charge is -1.95. The third-order valence-corrected chi connectivity index (χ3v) is 1.97. The van der Waals surface area contributed by atoms with Gasteiger partial charge in [0.05, 0.1) is 5.52 Å². The van der Waals surface area contributed by atoms with Gasteiger partial charge in [-0.25, -0.2) is 9.97 Å². The second-order valence-corrected chi connectivity index (χ2v) is 2.90. The summed E-state index contributed by atoms with van der Waals surface area (Å²) in [6, 6.07) is 3.72. The van der Waals surface area contributed by atoms with E-state index in [9.17, 15) is 4.79 Å². The van der Waals surface area contributed by atoms with Gasteiger partial charge < -0.3 is 4.57 Å². The van der Waals surface area contributed by atoms with E-state index >= 15 is 0 Å². The fraction of sp³-hybridized carbons (Fsp3) is 0.364. The van der Waals surface area contributed by atoms with Gasteiger partial charge in [0, 0.05) is 20.2 Å². The van der Waals surface area contributed by atoms with E-state index in [1.807, 2.05) is 33.0 Å². The van der Waals surface area contributed by atoms with E-state index in [1.54, 1.807) is 10.8 Å². The summed E-state index contributed by atoms with van der Waals surface area (Å²) < 4.78 is 1.75. The van der Waals surface area contributed by atoms with Gasteiger partial charge in [0.2, 0.25) is 0 Å². The summed E-state index contributed by atoms with van der Waals surface area (Å²) in [4.78, 5) is 19.3. The minimum Gasteiger partial charge on any atom is -0.323 e. The number of carbonyl (C=O) groups excluding carboxylic acids is 1. The molecule has 2 heterocycles. The van der Waals surface area contributed by atoms with Crippen LogP contribution in [0, 0.1) is 0 Å². The topological polar surface area (TPSA) is 47.8 Å². The average Bonchev–Trinajstić information content (AvgIpc) is 2.60. The van der Waals surface area contributed by atoms with Crippen LogP contribution in [0.15, 0.2) is 18.3 Å². The summed E-state index contributed by atoms with van der Waals surface area (Å²) in [5.74, 6) is 0.411. The van der Waals surface area contributed by atoms with Crippen molar-refractivity contribution in [1.29, 1.82) is 0 Å². The van der Waals surface area contributed by atoms with Gasteiger partial charge in [-0.15, -0.1) is 0 Å². The summed E-state index contributed by atoms with van der Waals surface area (Å²) in [5, 5.41) is 0. The molecule has 0 fully saturated rings. The van der Waals surface area contributed by atoms with E-state index in [1.165, 1.54) is 6.92 Å². The molecule has 0 atom stereocenters. The minimum absolute atomic E-state index is 0.0412. The molecule has 0 radical (unpaired) electrons. The molecule has 0 unspecified atom stereocenters. The molecule has 4 heteroatoms. The molecule has 0 aliphatic heterocycles. The molecule has 2 rings (SSSR count). The SMILES string of the molecule is CC.CC(=O)c1nc2ncccc2n1C. The molecule has 0 aliphatic carbocycles. The first kappa shape index (κ1) is 11.4. The predicted molar refractivity (Wildman–Crippen MR) is 59.9 cm³/mol. The highest BCUT2D eigenvalue weighted by molar-refractivity contribution is 5.93. The molecular weight excluding hydrogens is 190 g/mol. The van der Waals surface area contributed by atoms with E-state index < -0.39 is 0 Å². The van der Waals surface area contributed by atoms with Crippen LogP contribution in [0.2, 0.25) is 0 Å². The zero-order valence-corrected chi connectivity index (χ0v) is 9.48. The molecule has 0 N–H and O–H groups in total. The molecule has 2 aromatic heterocycles. The van der Waals surface area contributed by atoms with E-state index in [4.69, 9.17) is 0 Å². The molecule has 4 nitrogen and oxygen atoms in total. The molecular formula is C11H15N3O. The summed E-state index contributed by atoms with van der Waals surface area (Å²) in [7, 11) is 1.81. The van der Waals surface area contributed by atoms with Gasteiger partial charge in [0.25, 0.3) is 0 Å². The number of pyridine rings is 1. The number of ketones is 1. The Balaban J connectivity index is 0.000000531. The lowest BCUT2D eigenvalue weighted by atomic mass is 10.4. The number of hydrogen-bond donors (Lipinski definition) is 0. The smallest absolute Gasteiger partial charge is 0.195 e. The third-order valence-electron chi connectivity index (χ3n) is 1.97. The number of aromatic nitrogens is 3. The van der Waals surface area contributed by atoms with E-state index in [0.717, 1.165) is 5.52 Å². The van der Waals surface area contributed by atoms with Gasteiger partial charge >= 0.3 is 0 Å². The highest BCUT2D eigenvalue weighted by Gasteiger charge is 2.10. The quantitative estimate of drug-likeness (QED) is 0.670. The number of Topliss-reactive ketones (excluding diaryl/α,β-unsaturated/α-hetero) is 1. The molecule has 0 bridgehead atoms. The van der Waals surface area contributed by atoms with Gasteiger partial charge in [-0.05, 0) is 12.1 Å². The van der Waals surface area contributed by atoms with Crippen LogP contribution in [-0.4, -0.2) is 20.3 Å². The Morgan fingerprint density at radius 3 is 2.60 bits per heavy atom. The van der Waals surface area contributed by atoms with Crippen LogP contribution >= 0.6 is 0 Å². The average molecular weight is 205 g/mol. The lowest BCUT2D eigenvalue weighted by Crippen LogP contribution is -2.02. The second kappa shape index (κ2) is 4.68. The van der Waals surface area contributed by atoms with Gasteiger partial charge in [0.15, 0.2) is 17.3 Å². The standard InChI is InChI=1S/C9H9N3O.C2H6/c1-6(13)9-11-8-7(12(9)2)4-3-5-10-8;1-2/h3-5H,1-2H3;1-2H3. The van der Waals surface area contributed by atoms with Crippen LogP contribution < -0.4 is 0 Å². The Labute approximate surface area is 89.0 Å². The van der Waals surface area contributed by atoms with Crippen LogP contribution in [0.4, 0.5) is 0 Å². The fourth-order valence-electron chi connectivity index (χ4n) is 1.34. The summed E-state index contributed by atoms with van der Waals surface area (Å²) >= 11 is 0. The van der Waals surface area contributed by atoms with Gasteiger partial charge in [0.1, 0.15) is 0 Å². The maximum Gasteiger partial charge on any atom is 0.195 e. The van der Waals surface area contributed by atoms with Crippen molar-refractivity contribution in [2.24, 2.45) is 7.05 Å². The fourth-order valence-corrected chi connectivity index (χ4v) is 1.34. The van der Waals surface area contributed by atoms with Crippen molar-refractivity contribution in [2.75, 3.05) is 0 Å². The normalized spacial score (nSPS) is 9.60. The van der Waals surface area contributed by atoms with Gasteiger partial charge in [-0.2, -0.15) is 0 Å². The summed E-state index contributed by atoms with van der Waals surface area (Å²) in [5.41, 5.74) is 1.50. The van der Waals surface area contributed by atoms with Crippen LogP contribution in [0.3, 0.4) is 0 Å². The first-order chi connectivity index (χ1) is 7.20. The van der Waals surface area contributed by atoms with Gasteiger partial charge in [-0.1, -0.05) is 13.8 Å². The Hall–Kier alpha value is -1.71. The number of fused-ring (bicyclic) bond motifs is 1. The maximum absolute atomic E-state index is 11.1. The lowest BCUT2D eigenvalue weighted by molar-refractivity contribution is 0.100. The summed E-state index contributed by atoms with van der Waals surface area (Å²) in [6.07, 6.45) is 1.67. The number of carbonyl (C=O) groups is 1. The zero-order valence-electron chi connectivity index (χ0n) is 9.48. The molecule has 0 aromatic carbocycles. The molecule has 80 valence electrons. The number of imidazole rings is 1. The molecule has 15 heavy (non-hydrogen) atoms. The monoisotopic (exact) mass is 205 g/mol. The minimum atomic E-state index is -0.0412. The highest BCUT2D eigenvalue weighted by Crippen LogP contribution is 2.11. The molecule has 0 aliphatic rings. The molecule has 0 saturated carbocycles. The second-order valence-electron chi connectivity index (χ2n) is 2.90. The Morgan fingerprint density at radius 1 is 1.40 bits per heavy atom.